The van der Waals surface area contributed by atoms with E-state index >= 15 is 0 Å². The van der Waals surface area contributed by atoms with Gasteiger partial charge in [0.05, 0.1) is 11.9 Å². The van der Waals surface area contributed by atoms with E-state index in [4.69, 9.17) is 4.74 Å². The number of aromatic nitrogens is 2. The number of piperidine rings is 1. The minimum atomic E-state index is 0.120. The molecule has 0 N–H and O–H groups in total. The molecule has 1 aromatic heterocycles. The second kappa shape index (κ2) is 6.77. The average molecular weight is 311 g/mol. The summed E-state index contributed by atoms with van der Waals surface area (Å²) < 4.78 is 5.81. The van der Waals surface area contributed by atoms with Gasteiger partial charge in [-0.15, -0.1) is 0 Å². The summed E-state index contributed by atoms with van der Waals surface area (Å²) in [5, 5.41) is 0. The highest BCUT2D eigenvalue weighted by atomic mass is 16.5. The third kappa shape index (κ3) is 3.86. The number of likely N-dealkylation sites (tertiary alicyclic amines) is 1. The van der Waals surface area contributed by atoms with E-state index in [0.29, 0.717) is 12.4 Å². The Labute approximate surface area is 136 Å². The monoisotopic (exact) mass is 311 g/mol. The van der Waals surface area contributed by atoms with Gasteiger partial charge in [0.15, 0.2) is 0 Å². The van der Waals surface area contributed by atoms with Gasteiger partial charge < -0.3 is 9.64 Å². The number of carbonyl (C=O) groups is 1. The maximum absolute atomic E-state index is 11.6. The SMILES string of the molecule is CC(=O)N1CCC[C@H](c2cncc(Oc3cccc(C)c3)n2)C1. The highest BCUT2D eigenvalue weighted by Gasteiger charge is 2.24. The van der Waals surface area contributed by atoms with Gasteiger partial charge in [0.2, 0.25) is 11.8 Å². The third-order valence-electron chi connectivity index (χ3n) is 4.13. The minimum absolute atomic E-state index is 0.120. The lowest BCUT2D eigenvalue weighted by Gasteiger charge is -2.31. The normalized spacial score (nSPS) is 17.8. The Morgan fingerprint density at radius 2 is 2.22 bits per heavy atom. The molecule has 5 nitrogen and oxygen atoms in total. The molecule has 1 fully saturated rings. The molecular formula is C18H21N3O2. The number of benzene rings is 1. The van der Waals surface area contributed by atoms with E-state index < -0.39 is 0 Å². The Bertz CT molecular complexity index is 702. The van der Waals surface area contributed by atoms with Crippen molar-refractivity contribution in [1.82, 2.24) is 14.9 Å². The summed E-state index contributed by atoms with van der Waals surface area (Å²) in [5.74, 6) is 1.59. The zero-order valence-electron chi connectivity index (χ0n) is 13.5. The molecule has 1 aliphatic heterocycles. The molecule has 0 bridgehead atoms. The summed E-state index contributed by atoms with van der Waals surface area (Å²) in [6.07, 6.45) is 5.41. The summed E-state index contributed by atoms with van der Waals surface area (Å²) >= 11 is 0. The van der Waals surface area contributed by atoms with Gasteiger partial charge in [-0.25, -0.2) is 4.98 Å². The maximum atomic E-state index is 11.6. The van der Waals surface area contributed by atoms with Crippen LogP contribution in [0.2, 0.25) is 0 Å². The van der Waals surface area contributed by atoms with Crippen LogP contribution in [0, 0.1) is 6.92 Å². The standard InChI is InChI=1S/C18H21N3O2/c1-13-5-3-7-16(9-13)23-18-11-19-10-17(20-18)15-6-4-8-21(12-15)14(2)22/h3,5,7,9-11,15H,4,6,8,12H2,1-2H3/t15-/m0/s1. The van der Waals surface area contributed by atoms with E-state index in [-0.39, 0.29) is 11.8 Å². The predicted octanol–water partition coefficient (Wildman–Crippen LogP) is 3.30. The van der Waals surface area contributed by atoms with Crippen LogP contribution in [-0.2, 0) is 4.79 Å². The first-order chi connectivity index (χ1) is 11.1. The summed E-state index contributed by atoms with van der Waals surface area (Å²) in [6.45, 7) is 5.18. The van der Waals surface area contributed by atoms with Gasteiger partial charge >= 0.3 is 0 Å². The van der Waals surface area contributed by atoms with Crippen LogP contribution in [0.25, 0.3) is 0 Å². The molecule has 1 atom stereocenters. The molecule has 0 radical (unpaired) electrons. The van der Waals surface area contributed by atoms with Crippen molar-refractivity contribution in [3.05, 3.63) is 47.9 Å². The Morgan fingerprint density at radius 1 is 1.35 bits per heavy atom. The van der Waals surface area contributed by atoms with E-state index in [1.54, 1.807) is 19.3 Å². The van der Waals surface area contributed by atoms with Crippen molar-refractivity contribution in [3.63, 3.8) is 0 Å². The van der Waals surface area contributed by atoms with Gasteiger partial charge in [-0.2, -0.15) is 0 Å². The fraction of sp³-hybridized carbons (Fsp3) is 0.389. The highest BCUT2D eigenvalue weighted by Crippen LogP contribution is 2.27. The van der Waals surface area contributed by atoms with Crippen molar-refractivity contribution in [1.29, 1.82) is 0 Å². The number of rotatable bonds is 3. The van der Waals surface area contributed by atoms with Crippen molar-refractivity contribution in [2.24, 2.45) is 0 Å². The lowest BCUT2D eigenvalue weighted by molar-refractivity contribution is -0.130. The van der Waals surface area contributed by atoms with Gasteiger partial charge in [0.25, 0.3) is 0 Å². The average Bonchev–Trinajstić information content (AvgIpc) is 2.55. The molecule has 2 aromatic rings. The van der Waals surface area contributed by atoms with E-state index in [9.17, 15) is 4.79 Å². The number of aryl methyl sites for hydroxylation is 1. The number of amides is 1. The van der Waals surface area contributed by atoms with Crippen molar-refractivity contribution < 1.29 is 9.53 Å². The second-order valence-corrected chi connectivity index (χ2v) is 6.00. The molecule has 1 amide bonds. The van der Waals surface area contributed by atoms with Gasteiger partial charge in [-0.3, -0.25) is 9.78 Å². The van der Waals surface area contributed by atoms with Crippen LogP contribution in [0.1, 0.15) is 36.9 Å². The first-order valence-electron chi connectivity index (χ1n) is 7.94. The molecule has 1 aromatic carbocycles. The molecule has 0 unspecified atom stereocenters. The largest absolute Gasteiger partial charge is 0.437 e. The Hall–Kier alpha value is -2.43. The number of hydrogen-bond donors (Lipinski definition) is 0. The van der Waals surface area contributed by atoms with Crippen LogP contribution in [0.4, 0.5) is 0 Å². The molecule has 3 rings (SSSR count). The number of ether oxygens (including phenoxy) is 1. The fourth-order valence-corrected chi connectivity index (χ4v) is 2.91. The van der Waals surface area contributed by atoms with E-state index in [2.05, 4.69) is 9.97 Å². The second-order valence-electron chi connectivity index (χ2n) is 6.00. The molecule has 0 saturated carbocycles. The van der Waals surface area contributed by atoms with Crippen LogP contribution >= 0.6 is 0 Å². The summed E-state index contributed by atoms with van der Waals surface area (Å²) in [6, 6.07) is 7.84. The molecule has 1 saturated heterocycles. The van der Waals surface area contributed by atoms with Crippen LogP contribution in [-0.4, -0.2) is 33.9 Å². The van der Waals surface area contributed by atoms with Gasteiger partial charge in [-0.1, -0.05) is 12.1 Å². The fourth-order valence-electron chi connectivity index (χ4n) is 2.91. The molecule has 0 aliphatic carbocycles. The lowest BCUT2D eigenvalue weighted by atomic mass is 9.95. The zero-order chi connectivity index (χ0) is 16.2. The Morgan fingerprint density at radius 3 is 3.00 bits per heavy atom. The van der Waals surface area contributed by atoms with Gasteiger partial charge in [0, 0.05) is 32.1 Å². The smallest absolute Gasteiger partial charge is 0.238 e. The van der Waals surface area contributed by atoms with E-state index in [1.165, 1.54) is 0 Å². The molecule has 120 valence electrons. The van der Waals surface area contributed by atoms with Crippen LogP contribution in [0.5, 0.6) is 11.6 Å². The quantitative estimate of drug-likeness (QED) is 0.872. The molecule has 0 spiro atoms. The summed E-state index contributed by atoms with van der Waals surface area (Å²) in [4.78, 5) is 22.3. The van der Waals surface area contributed by atoms with E-state index in [0.717, 1.165) is 36.4 Å². The van der Waals surface area contributed by atoms with E-state index in [1.807, 2.05) is 36.1 Å². The van der Waals surface area contributed by atoms with Crippen molar-refractivity contribution in [2.45, 2.75) is 32.6 Å². The lowest BCUT2D eigenvalue weighted by Crippen LogP contribution is -2.37. The molecular weight excluding hydrogens is 290 g/mol. The Balaban J connectivity index is 1.75. The molecule has 23 heavy (non-hydrogen) atoms. The summed E-state index contributed by atoms with van der Waals surface area (Å²) in [5.41, 5.74) is 2.03. The number of nitrogens with zero attached hydrogens (tertiary/aromatic N) is 3. The van der Waals surface area contributed by atoms with Gasteiger partial charge in [-0.05, 0) is 37.5 Å². The van der Waals surface area contributed by atoms with Crippen LogP contribution < -0.4 is 4.74 Å². The summed E-state index contributed by atoms with van der Waals surface area (Å²) in [7, 11) is 0. The molecule has 5 heteroatoms. The maximum Gasteiger partial charge on any atom is 0.238 e. The number of hydrogen-bond acceptors (Lipinski definition) is 4. The predicted molar refractivity (Wildman–Crippen MR) is 87.5 cm³/mol. The zero-order valence-corrected chi connectivity index (χ0v) is 13.5. The molecule has 2 heterocycles. The Kier molecular flexibility index (Phi) is 4.55. The third-order valence-corrected chi connectivity index (χ3v) is 4.13. The first kappa shape index (κ1) is 15.5. The first-order valence-corrected chi connectivity index (χ1v) is 7.94. The van der Waals surface area contributed by atoms with Crippen molar-refractivity contribution in [3.8, 4) is 11.6 Å². The van der Waals surface area contributed by atoms with Crippen molar-refractivity contribution >= 4 is 5.91 Å². The van der Waals surface area contributed by atoms with Gasteiger partial charge in [0.1, 0.15) is 5.75 Å². The minimum Gasteiger partial charge on any atom is -0.437 e. The van der Waals surface area contributed by atoms with Crippen LogP contribution in [0.15, 0.2) is 36.7 Å². The molecule has 1 aliphatic rings. The number of carbonyl (C=O) groups excluding carboxylic acids is 1. The van der Waals surface area contributed by atoms with Crippen LogP contribution in [0.3, 0.4) is 0 Å². The highest BCUT2D eigenvalue weighted by molar-refractivity contribution is 5.73. The topological polar surface area (TPSA) is 55.3 Å². The van der Waals surface area contributed by atoms with Crippen molar-refractivity contribution in [2.75, 3.05) is 13.1 Å².